The van der Waals surface area contributed by atoms with Crippen molar-refractivity contribution in [2.45, 2.75) is 0 Å². The molecule has 3 aromatic rings. The van der Waals surface area contributed by atoms with Crippen LogP contribution < -0.4 is 5.32 Å². The molecule has 0 aliphatic heterocycles. The number of hydrogen-bond donors (Lipinski definition) is 1. The van der Waals surface area contributed by atoms with Crippen LogP contribution in [0.4, 0.5) is 5.82 Å². The predicted molar refractivity (Wildman–Crippen MR) is 78.5 cm³/mol. The Labute approximate surface area is 116 Å². The van der Waals surface area contributed by atoms with E-state index < -0.39 is 0 Å². The summed E-state index contributed by atoms with van der Waals surface area (Å²) in [5.41, 5.74) is 1.99. The molecule has 0 aliphatic carbocycles. The second kappa shape index (κ2) is 4.55. The van der Waals surface area contributed by atoms with Crippen LogP contribution in [0.2, 0.25) is 5.02 Å². The van der Waals surface area contributed by atoms with Gasteiger partial charge in [-0.25, -0.2) is 4.98 Å². The van der Waals surface area contributed by atoms with Gasteiger partial charge in [-0.3, -0.25) is 4.68 Å². The van der Waals surface area contributed by atoms with Crippen LogP contribution in [0.1, 0.15) is 0 Å². The highest BCUT2D eigenvalue weighted by atomic mass is 35.5. The number of hydrogen-bond acceptors (Lipinski definition) is 3. The van der Waals surface area contributed by atoms with Crippen molar-refractivity contribution in [2.75, 3.05) is 12.4 Å². The molecule has 5 heteroatoms. The van der Waals surface area contributed by atoms with Gasteiger partial charge in [-0.2, -0.15) is 5.10 Å². The van der Waals surface area contributed by atoms with Gasteiger partial charge in [0, 0.05) is 48.0 Å². The number of nitrogens with one attached hydrogen (secondary N) is 1. The molecule has 0 atom stereocenters. The number of benzene rings is 1. The fourth-order valence-electron chi connectivity index (χ4n) is 2.08. The van der Waals surface area contributed by atoms with Gasteiger partial charge in [0.2, 0.25) is 0 Å². The minimum absolute atomic E-state index is 0.708. The molecule has 2 heterocycles. The lowest BCUT2D eigenvalue weighted by molar-refractivity contribution is 0.768. The van der Waals surface area contributed by atoms with Crippen molar-refractivity contribution >= 4 is 28.2 Å². The zero-order chi connectivity index (χ0) is 13.4. The van der Waals surface area contributed by atoms with Crippen molar-refractivity contribution in [1.29, 1.82) is 0 Å². The molecule has 2 aromatic heterocycles. The Morgan fingerprint density at radius 1 is 1.16 bits per heavy atom. The lowest BCUT2D eigenvalue weighted by atomic mass is 10.0. The Morgan fingerprint density at radius 3 is 2.68 bits per heavy atom. The van der Waals surface area contributed by atoms with E-state index in [1.807, 2.05) is 44.8 Å². The molecule has 0 fully saturated rings. The standard InChI is InChI=1S/C14H13ClN4/c1-16-14-5-9-3-12(11-7-18-19(2)8-11)13(15)4-10(9)6-17-14/h3-8H,1-2H3,(H,16,17). The number of aromatic nitrogens is 3. The van der Waals surface area contributed by atoms with E-state index in [1.54, 1.807) is 4.68 Å². The number of aryl methyl sites for hydroxylation is 1. The fourth-order valence-corrected chi connectivity index (χ4v) is 2.37. The zero-order valence-corrected chi connectivity index (χ0v) is 11.4. The Morgan fingerprint density at radius 2 is 2.00 bits per heavy atom. The van der Waals surface area contributed by atoms with Gasteiger partial charge in [0.1, 0.15) is 5.82 Å². The van der Waals surface area contributed by atoms with Gasteiger partial charge in [-0.1, -0.05) is 11.6 Å². The summed E-state index contributed by atoms with van der Waals surface area (Å²) in [6.07, 6.45) is 5.58. The maximum atomic E-state index is 6.34. The minimum Gasteiger partial charge on any atom is -0.373 e. The zero-order valence-electron chi connectivity index (χ0n) is 10.7. The Hall–Kier alpha value is -2.07. The highest BCUT2D eigenvalue weighted by Gasteiger charge is 2.08. The first kappa shape index (κ1) is 12.0. The quantitative estimate of drug-likeness (QED) is 0.778. The number of rotatable bonds is 2. The van der Waals surface area contributed by atoms with Gasteiger partial charge < -0.3 is 5.32 Å². The van der Waals surface area contributed by atoms with E-state index in [0.717, 1.165) is 27.7 Å². The first-order valence-electron chi connectivity index (χ1n) is 5.93. The highest BCUT2D eigenvalue weighted by molar-refractivity contribution is 6.34. The summed E-state index contributed by atoms with van der Waals surface area (Å²) >= 11 is 6.34. The van der Waals surface area contributed by atoms with E-state index in [2.05, 4.69) is 21.5 Å². The van der Waals surface area contributed by atoms with Crippen molar-refractivity contribution < 1.29 is 0 Å². The van der Waals surface area contributed by atoms with Crippen molar-refractivity contribution in [2.24, 2.45) is 7.05 Å². The molecule has 0 unspecified atom stereocenters. The summed E-state index contributed by atoms with van der Waals surface area (Å²) < 4.78 is 1.77. The number of fused-ring (bicyclic) bond motifs is 1. The van der Waals surface area contributed by atoms with Gasteiger partial charge >= 0.3 is 0 Å². The second-order valence-electron chi connectivity index (χ2n) is 4.40. The van der Waals surface area contributed by atoms with Crippen LogP contribution in [0.25, 0.3) is 21.9 Å². The van der Waals surface area contributed by atoms with Crippen molar-refractivity contribution in [3.63, 3.8) is 0 Å². The molecule has 0 saturated carbocycles. The lowest BCUT2D eigenvalue weighted by Gasteiger charge is -2.06. The van der Waals surface area contributed by atoms with Crippen LogP contribution in [0, 0.1) is 0 Å². The number of halogens is 1. The summed E-state index contributed by atoms with van der Waals surface area (Å²) in [5.74, 6) is 0.840. The van der Waals surface area contributed by atoms with Gasteiger partial charge in [0.05, 0.1) is 6.20 Å². The van der Waals surface area contributed by atoms with Crippen molar-refractivity contribution in [3.8, 4) is 11.1 Å². The highest BCUT2D eigenvalue weighted by Crippen LogP contribution is 2.32. The summed E-state index contributed by atoms with van der Waals surface area (Å²) in [4.78, 5) is 4.29. The monoisotopic (exact) mass is 272 g/mol. The van der Waals surface area contributed by atoms with Crippen molar-refractivity contribution in [3.05, 3.63) is 41.8 Å². The topological polar surface area (TPSA) is 42.7 Å². The summed E-state index contributed by atoms with van der Waals surface area (Å²) in [6.45, 7) is 0. The average Bonchev–Trinajstić information content (AvgIpc) is 2.84. The summed E-state index contributed by atoms with van der Waals surface area (Å²) in [6, 6.07) is 6.01. The van der Waals surface area contributed by atoms with E-state index in [0.29, 0.717) is 5.02 Å². The van der Waals surface area contributed by atoms with Crippen molar-refractivity contribution in [1.82, 2.24) is 14.8 Å². The third kappa shape index (κ3) is 2.15. The van der Waals surface area contributed by atoms with Gasteiger partial charge in [-0.05, 0) is 23.6 Å². The Bertz CT molecular complexity index is 748. The third-order valence-electron chi connectivity index (χ3n) is 3.08. The largest absolute Gasteiger partial charge is 0.373 e. The van der Waals surface area contributed by atoms with Gasteiger partial charge in [0.25, 0.3) is 0 Å². The molecule has 3 rings (SSSR count). The summed E-state index contributed by atoms with van der Waals surface area (Å²) in [7, 11) is 3.74. The lowest BCUT2D eigenvalue weighted by Crippen LogP contribution is -1.91. The maximum absolute atomic E-state index is 6.34. The van der Waals surface area contributed by atoms with Crippen LogP contribution in [0.5, 0.6) is 0 Å². The Kier molecular flexibility index (Phi) is 2.87. The molecule has 0 bridgehead atoms. The number of anilines is 1. The normalized spacial score (nSPS) is 10.9. The minimum atomic E-state index is 0.708. The van der Waals surface area contributed by atoms with Gasteiger partial charge in [-0.15, -0.1) is 0 Å². The smallest absolute Gasteiger partial charge is 0.126 e. The first-order chi connectivity index (χ1) is 9.17. The molecule has 0 radical (unpaired) electrons. The van der Waals surface area contributed by atoms with E-state index in [9.17, 15) is 0 Å². The fraction of sp³-hybridized carbons (Fsp3) is 0.143. The first-order valence-corrected chi connectivity index (χ1v) is 6.31. The van der Waals surface area contributed by atoms with E-state index in [-0.39, 0.29) is 0 Å². The SMILES string of the molecule is CNc1cc2cc(-c3cnn(C)c3)c(Cl)cc2cn1. The molecule has 0 aliphatic rings. The third-order valence-corrected chi connectivity index (χ3v) is 3.39. The van der Waals surface area contributed by atoms with Crippen LogP contribution in [0.15, 0.2) is 36.8 Å². The molecular weight excluding hydrogens is 260 g/mol. The maximum Gasteiger partial charge on any atom is 0.126 e. The number of pyridine rings is 1. The second-order valence-corrected chi connectivity index (χ2v) is 4.81. The molecule has 0 amide bonds. The van der Waals surface area contributed by atoms with Gasteiger partial charge in [0.15, 0.2) is 0 Å². The van der Waals surface area contributed by atoms with Crippen LogP contribution in [0.3, 0.4) is 0 Å². The predicted octanol–water partition coefficient (Wildman–Crippen LogP) is 3.33. The molecule has 4 nitrogen and oxygen atoms in total. The van der Waals surface area contributed by atoms with E-state index >= 15 is 0 Å². The molecule has 19 heavy (non-hydrogen) atoms. The van der Waals surface area contributed by atoms with E-state index in [4.69, 9.17) is 11.6 Å². The molecule has 1 aromatic carbocycles. The molecule has 0 saturated heterocycles. The van der Waals surface area contributed by atoms with E-state index in [1.165, 1.54) is 0 Å². The summed E-state index contributed by atoms with van der Waals surface area (Å²) in [5, 5.41) is 10.0. The van der Waals surface area contributed by atoms with Crippen LogP contribution >= 0.6 is 11.6 Å². The Balaban J connectivity index is 2.22. The van der Waals surface area contributed by atoms with Crippen LogP contribution in [-0.4, -0.2) is 21.8 Å². The average molecular weight is 273 g/mol. The molecule has 0 spiro atoms. The van der Waals surface area contributed by atoms with Crippen LogP contribution in [-0.2, 0) is 7.05 Å². The molecule has 96 valence electrons. The molecular formula is C14H13ClN4. The molecule has 1 N–H and O–H groups in total. The number of nitrogens with zero attached hydrogens (tertiary/aromatic N) is 3.